The summed E-state index contributed by atoms with van der Waals surface area (Å²) in [4.78, 5) is 21.9. The molecule has 0 saturated carbocycles. The Balaban J connectivity index is 0.000000153. The first-order valence-corrected chi connectivity index (χ1v) is 12.3. The van der Waals surface area contributed by atoms with E-state index in [9.17, 15) is 9.18 Å². The number of aromatic nitrogens is 6. The van der Waals surface area contributed by atoms with Crippen LogP contribution in [0.3, 0.4) is 0 Å². The van der Waals surface area contributed by atoms with Crippen LogP contribution in [0.5, 0.6) is 0 Å². The summed E-state index contributed by atoms with van der Waals surface area (Å²) in [6, 6.07) is 14.8. The zero-order valence-electron chi connectivity index (χ0n) is 20.6. The third-order valence-corrected chi connectivity index (χ3v) is 6.58. The minimum absolute atomic E-state index is 0.315. The topological polar surface area (TPSA) is 81.2 Å². The van der Waals surface area contributed by atoms with Gasteiger partial charge in [0.25, 0.3) is 0 Å². The van der Waals surface area contributed by atoms with Gasteiger partial charge in [-0.25, -0.2) is 8.91 Å². The van der Waals surface area contributed by atoms with Gasteiger partial charge in [0.2, 0.25) is 0 Å². The molecule has 0 spiro atoms. The Morgan fingerprint density at radius 1 is 1.03 bits per heavy atom. The van der Waals surface area contributed by atoms with Gasteiger partial charge >= 0.3 is 0 Å². The molecule has 1 saturated heterocycles. The van der Waals surface area contributed by atoms with E-state index in [0.29, 0.717) is 23.0 Å². The van der Waals surface area contributed by atoms with Crippen molar-refractivity contribution in [1.29, 1.82) is 0 Å². The summed E-state index contributed by atoms with van der Waals surface area (Å²) in [5.74, 6) is -0.315. The summed E-state index contributed by atoms with van der Waals surface area (Å²) in [5, 5.41) is 8.78. The maximum atomic E-state index is 12.9. The largest absolute Gasteiger partial charge is 0.302 e. The Morgan fingerprint density at radius 3 is 2.68 bits per heavy atom. The van der Waals surface area contributed by atoms with Crippen molar-refractivity contribution in [3.05, 3.63) is 90.9 Å². The van der Waals surface area contributed by atoms with Gasteiger partial charge in [-0.05, 0) is 62.8 Å². The van der Waals surface area contributed by atoms with E-state index in [-0.39, 0.29) is 5.82 Å². The predicted molar refractivity (Wildman–Crippen MR) is 139 cm³/mol. The normalized spacial score (nSPS) is 15.8. The van der Waals surface area contributed by atoms with E-state index in [0.717, 1.165) is 36.1 Å². The standard InChI is InChI=1S/C15H19FN4.C13H9N3O/c1-19-7-3-2-4-14(19)11-20-10-12(8-18-20)15-6-5-13(16)9-17-15;17-9-10-12-6-2-4-8-16(12)15-13(10)11-5-1-3-7-14-11/h5-6,8-10,14H,2-4,7,11H2,1H3;1-9H/t14-;/m0./s1. The molecule has 8 nitrogen and oxygen atoms in total. The van der Waals surface area contributed by atoms with E-state index in [1.807, 2.05) is 53.5 Å². The zero-order valence-corrected chi connectivity index (χ0v) is 20.6. The van der Waals surface area contributed by atoms with E-state index in [1.54, 1.807) is 23.0 Å². The van der Waals surface area contributed by atoms with Crippen molar-refractivity contribution in [3.63, 3.8) is 0 Å². The molecule has 0 bridgehead atoms. The van der Waals surface area contributed by atoms with Crippen molar-refractivity contribution in [3.8, 4) is 22.6 Å². The van der Waals surface area contributed by atoms with Gasteiger partial charge < -0.3 is 4.90 Å². The second kappa shape index (κ2) is 11.2. The molecule has 0 N–H and O–H groups in total. The van der Waals surface area contributed by atoms with Gasteiger partial charge in [0, 0.05) is 30.2 Å². The molecule has 6 rings (SSSR count). The number of carbonyl (C=O) groups excluding carboxylic acids is 1. The lowest BCUT2D eigenvalue weighted by molar-refractivity contribution is 0.112. The molecule has 0 unspecified atom stereocenters. The fourth-order valence-corrected chi connectivity index (χ4v) is 4.56. The maximum Gasteiger partial charge on any atom is 0.154 e. The SMILES string of the molecule is CN1CCCC[C@H]1Cn1cc(-c2ccc(F)cn2)cn1.O=Cc1c(-c2ccccn2)nn2ccccc12. The molecule has 5 aromatic heterocycles. The van der Waals surface area contributed by atoms with Crippen LogP contribution in [-0.2, 0) is 6.54 Å². The first kappa shape index (κ1) is 24.5. The average molecular weight is 498 g/mol. The number of likely N-dealkylation sites (N-methyl/N-ethyl adjacent to an activating group) is 1. The van der Waals surface area contributed by atoms with E-state index in [2.05, 4.69) is 32.1 Å². The van der Waals surface area contributed by atoms with Crippen LogP contribution in [0.4, 0.5) is 4.39 Å². The third kappa shape index (κ3) is 5.62. The molecule has 0 aliphatic carbocycles. The second-order valence-electron chi connectivity index (χ2n) is 9.07. The van der Waals surface area contributed by atoms with Crippen molar-refractivity contribution in [2.45, 2.75) is 31.8 Å². The van der Waals surface area contributed by atoms with Crippen molar-refractivity contribution in [1.82, 2.24) is 34.3 Å². The highest BCUT2D eigenvalue weighted by molar-refractivity contribution is 5.94. The maximum absolute atomic E-state index is 12.9. The molecule has 0 aromatic carbocycles. The number of carbonyl (C=O) groups is 1. The van der Waals surface area contributed by atoms with E-state index in [1.165, 1.54) is 31.5 Å². The minimum Gasteiger partial charge on any atom is -0.302 e. The molecule has 37 heavy (non-hydrogen) atoms. The molecular formula is C28H28FN7O. The molecule has 0 amide bonds. The summed E-state index contributed by atoms with van der Waals surface area (Å²) < 4.78 is 16.5. The summed E-state index contributed by atoms with van der Waals surface area (Å²) in [7, 11) is 2.18. The Morgan fingerprint density at radius 2 is 1.92 bits per heavy atom. The lowest BCUT2D eigenvalue weighted by atomic mass is 10.0. The Kier molecular flexibility index (Phi) is 7.41. The monoisotopic (exact) mass is 497 g/mol. The van der Waals surface area contributed by atoms with Gasteiger partial charge in [-0.1, -0.05) is 18.6 Å². The lowest BCUT2D eigenvalue weighted by Crippen LogP contribution is -2.39. The Hall–Kier alpha value is -4.24. The molecular weight excluding hydrogens is 469 g/mol. The van der Waals surface area contributed by atoms with Gasteiger partial charge in [-0.15, -0.1) is 0 Å². The molecule has 1 aliphatic rings. The first-order chi connectivity index (χ1) is 18.1. The van der Waals surface area contributed by atoms with Crippen LogP contribution in [0.1, 0.15) is 29.6 Å². The van der Waals surface area contributed by atoms with E-state index >= 15 is 0 Å². The quantitative estimate of drug-likeness (QED) is 0.325. The van der Waals surface area contributed by atoms with Gasteiger partial charge in [0.05, 0.1) is 41.4 Å². The zero-order chi connectivity index (χ0) is 25.6. The fourth-order valence-electron chi connectivity index (χ4n) is 4.56. The molecule has 0 radical (unpaired) electrons. The predicted octanol–water partition coefficient (Wildman–Crippen LogP) is 4.78. The summed E-state index contributed by atoms with van der Waals surface area (Å²) in [6.45, 7) is 2.07. The third-order valence-electron chi connectivity index (χ3n) is 6.58. The number of pyridine rings is 3. The van der Waals surface area contributed by atoms with Gasteiger partial charge in [0.15, 0.2) is 6.29 Å². The number of rotatable bonds is 5. The second-order valence-corrected chi connectivity index (χ2v) is 9.07. The number of hydrogen-bond donors (Lipinski definition) is 0. The van der Waals surface area contributed by atoms with Crippen molar-refractivity contribution in [2.24, 2.45) is 0 Å². The van der Waals surface area contributed by atoms with Crippen molar-refractivity contribution >= 4 is 11.8 Å². The summed E-state index contributed by atoms with van der Waals surface area (Å²) in [6.07, 6.45) is 13.2. The van der Waals surface area contributed by atoms with E-state index in [4.69, 9.17) is 0 Å². The Bertz CT molecular complexity index is 1460. The van der Waals surface area contributed by atoms with Crippen LogP contribution in [0.25, 0.3) is 28.2 Å². The van der Waals surface area contributed by atoms with Crippen LogP contribution in [-0.4, -0.2) is 60.2 Å². The van der Waals surface area contributed by atoms with Crippen molar-refractivity contribution in [2.75, 3.05) is 13.6 Å². The molecule has 1 fully saturated rings. The summed E-state index contributed by atoms with van der Waals surface area (Å²) in [5.41, 5.74) is 4.38. The van der Waals surface area contributed by atoms with Crippen LogP contribution < -0.4 is 0 Å². The average Bonchev–Trinajstić information content (AvgIpc) is 3.56. The molecule has 1 aliphatic heterocycles. The number of fused-ring (bicyclic) bond motifs is 1. The smallest absolute Gasteiger partial charge is 0.154 e. The molecule has 5 aromatic rings. The molecule has 9 heteroatoms. The van der Waals surface area contributed by atoms with Crippen LogP contribution in [0.15, 0.2) is 79.5 Å². The van der Waals surface area contributed by atoms with Crippen LogP contribution >= 0.6 is 0 Å². The molecule has 1 atom stereocenters. The minimum atomic E-state index is -0.315. The highest BCUT2D eigenvalue weighted by atomic mass is 19.1. The number of aldehydes is 1. The van der Waals surface area contributed by atoms with Gasteiger partial charge in [-0.3, -0.25) is 19.4 Å². The first-order valence-electron chi connectivity index (χ1n) is 12.3. The van der Waals surface area contributed by atoms with Gasteiger partial charge in [-0.2, -0.15) is 10.2 Å². The van der Waals surface area contributed by atoms with Crippen LogP contribution in [0, 0.1) is 5.82 Å². The number of likely N-dealkylation sites (tertiary alicyclic amines) is 1. The summed E-state index contributed by atoms with van der Waals surface area (Å²) >= 11 is 0. The lowest BCUT2D eigenvalue weighted by Gasteiger charge is -2.32. The number of halogens is 1. The number of nitrogens with zero attached hydrogens (tertiary/aromatic N) is 7. The van der Waals surface area contributed by atoms with Gasteiger partial charge in [0.1, 0.15) is 11.5 Å². The van der Waals surface area contributed by atoms with E-state index < -0.39 is 0 Å². The Labute approximate surface area is 214 Å². The highest BCUT2D eigenvalue weighted by Gasteiger charge is 2.19. The number of hydrogen-bond acceptors (Lipinski definition) is 6. The number of piperidine rings is 1. The van der Waals surface area contributed by atoms with Crippen molar-refractivity contribution < 1.29 is 9.18 Å². The van der Waals surface area contributed by atoms with Crippen LogP contribution in [0.2, 0.25) is 0 Å². The molecule has 188 valence electrons. The fraction of sp³-hybridized carbons (Fsp3) is 0.250. The molecule has 6 heterocycles. The highest BCUT2D eigenvalue weighted by Crippen LogP contribution is 2.23.